The summed E-state index contributed by atoms with van der Waals surface area (Å²) in [6.45, 7) is 11.8. The molecule has 0 radical (unpaired) electrons. The van der Waals surface area contributed by atoms with Gasteiger partial charge in [0.1, 0.15) is 0 Å². The zero-order chi connectivity index (χ0) is 14.3. The number of likely N-dealkylation sites (N-methyl/N-ethyl adjacent to an activating group) is 1. The Morgan fingerprint density at radius 1 is 1.11 bits per heavy atom. The number of rotatable bonds is 8. The Kier molecular flexibility index (Phi) is 7.11. The van der Waals surface area contributed by atoms with Crippen LogP contribution in [0.1, 0.15) is 51.3 Å². The molecule has 0 heterocycles. The summed E-state index contributed by atoms with van der Waals surface area (Å²) in [4.78, 5) is 2.47. The van der Waals surface area contributed by atoms with Crippen molar-refractivity contribution in [3.63, 3.8) is 0 Å². The van der Waals surface area contributed by atoms with E-state index < -0.39 is 0 Å². The maximum Gasteiger partial charge on any atom is 0.0470 e. The molecule has 2 heteroatoms. The normalized spacial score (nSPS) is 13.2. The van der Waals surface area contributed by atoms with Crippen molar-refractivity contribution in [2.24, 2.45) is 11.7 Å². The van der Waals surface area contributed by atoms with Crippen molar-refractivity contribution in [3.8, 4) is 0 Å². The van der Waals surface area contributed by atoms with Gasteiger partial charge in [-0.05, 0) is 43.0 Å². The van der Waals surface area contributed by atoms with Crippen LogP contribution in [0.3, 0.4) is 0 Å². The molecule has 0 aliphatic rings. The minimum Gasteiger partial charge on any atom is -0.329 e. The second-order valence-electron chi connectivity index (χ2n) is 5.72. The van der Waals surface area contributed by atoms with Crippen LogP contribution >= 0.6 is 0 Å². The summed E-state index contributed by atoms with van der Waals surface area (Å²) in [6, 6.07) is 9.40. The summed E-state index contributed by atoms with van der Waals surface area (Å²) >= 11 is 0. The minimum absolute atomic E-state index is 0.359. The van der Waals surface area contributed by atoms with Gasteiger partial charge in [0.05, 0.1) is 0 Å². The quantitative estimate of drug-likeness (QED) is 0.775. The van der Waals surface area contributed by atoms with Crippen molar-refractivity contribution >= 4 is 0 Å². The lowest BCUT2D eigenvalue weighted by atomic mass is 9.98. The first-order chi connectivity index (χ1) is 9.12. The second-order valence-corrected chi connectivity index (χ2v) is 5.72. The van der Waals surface area contributed by atoms with Crippen LogP contribution in [-0.2, 0) is 6.42 Å². The maximum absolute atomic E-state index is 5.99. The molecule has 108 valence electrons. The molecule has 0 aromatic heterocycles. The Morgan fingerprint density at radius 2 is 1.74 bits per heavy atom. The number of hydrogen-bond acceptors (Lipinski definition) is 2. The Hall–Kier alpha value is -0.860. The molecule has 0 fully saturated rings. The standard InChI is InChI=1S/C17H30N2/c1-5-11-19(6-2)17(13-18)16-9-7-15(8-10-16)12-14(3)4/h7-10,14,17H,5-6,11-13,18H2,1-4H3. The molecule has 1 rings (SSSR count). The first-order valence-corrected chi connectivity index (χ1v) is 7.65. The van der Waals surface area contributed by atoms with Crippen molar-refractivity contribution in [2.75, 3.05) is 19.6 Å². The monoisotopic (exact) mass is 262 g/mol. The summed E-state index contributed by atoms with van der Waals surface area (Å²) in [5.74, 6) is 0.711. The van der Waals surface area contributed by atoms with Gasteiger partial charge in [-0.2, -0.15) is 0 Å². The number of nitrogens with two attached hydrogens (primary N) is 1. The molecule has 0 spiro atoms. The van der Waals surface area contributed by atoms with Gasteiger partial charge in [0, 0.05) is 12.6 Å². The Bertz CT molecular complexity index is 343. The van der Waals surface area contributed by atoms with Crippen LogP contribution < -0.4 is 5.73 Å². The second kappa shape index (κ2) is 8.34. The van der Waals surface area contributed by atoms with Gasteiger partial charge in [-0.15, -0.1) is 0 Å². The van der Waals surface area contributed by atoms with Crippen LogP contribution in [0.2, 0.25) is 0 Å². The van der Waals surface area contributed by atoms with E-state index in [1.165, 1.54) is 17.5 Å². The number of nitrogens with zero attached hydrogens (tertiary/aromatic N) is 1. The van der Waals surface area contributed by atoms with E-state index in [0.29, 0.717) is 18.5 Å². The molecule has 0 saturated heterocycles. The van der Waals surface area contributed by atoms with E-state index in [0.717, 1.165) is 19.5 Å². The predicted molar refractivity (Wildman–Crippen MR) is 84.3 cm³/mol. The molecule has 0 bridgehead atoms. The van der Waals surface area contributed by atoms with Crippen molar-refractivity contribution < 1.29 is 0 Å². The summed E-state index contributed by atoms with van der Waals surface area (Å²) in [5.41, 5.74) is 8.76. The van der Waals surface area contributed by atoms with Gasteiger partial charge in [-0.3, -0.25) is 4.90 Å². The van der Waals surface area contributed by atoms with Crippen LogP contribution in [-0.4, -0.2) is 24.5 Å². The molecular weight excluding hydrogens is 232 g/mol. The highest BCUT2D eigenvalue weighted by Gasteiger charge is 2.16. The van der Waals surface area contributed by atoms with E-state index in [2.05, 4.69) is 56.9 Å². The van der Waals surface area contributed by atoms with E-state index in [-0.39, 0.29) is 0 Å². The molecule has 1 atom stereocenters. The van der Waals surface area contributed by atoms with Crippen molar-refractivity contribution in [2.45, 2.75) is 46.6 Å². The highest BCUT2D eigenvalue weighted by Crippen LogP contribution is 2.21. The van der Waals surface area contributed by atoms with Crippen molar-refractivity contribution in [1.29, 1.82) is 0 Å². The first kappa shape index (κ1) is 16.2. The van der Waals surface area contributed by atoms with Gasteiger partial charge < -0.3 is 5.73 Å². The SMILES string of the molecule is CCCN(CC)C(CN)c1ccc(CC(C)C)cc1. The van der Waals surface area contributed by atoms with Crippen LogP contribution in [0.25, 0.3) is 0 Å². The Morgan fingerprint density at radius 3 is 2.16 bits per heavy atom. The maximum atomic E-state index is 5.99. The molecule has 0 aliphatic carbocycles. The first-order valence-electron chi connectivity index (χ1n) is 7.65. The van der Waals surface area contributed by atoms with Crippen molar-refractivity contribution in [1.82, 2.24) is 4.90 Å². The fourth-order valence-electron chi connectivity index (χ4n) is 2.66. The molecule has 0 amide bonds. The third-order valence-electron chi connectivity index (χ3n) is 3.59. The molecule has 1 unspecified atom stereocenters. The molecule has 1 aromatic rings. The van der Waals surface area contributed by atoms with E-state index in [9.17, 15) is 0 Å². The lowest BCUT2D eigenvalue weighted by Crippen LogP contribution is -2.34. The van der Waals surface area contributed by atoms with E-state index in [1.807, 2.05) is 0 Å². The fraction of sp³-hybridized carbons (Fsp3) is 0.647. The summed E-state index contributed by atoms with van der Waals surface area (Å²) in [6.07, 6.45) is 2.33. The summed E-state index contributed by atoms with van der Waals surface area (Å²) in [5, 5.41) is 0. The number of benzene rings is 1. The topological polar surface area (TPSA) is 29.3 Å². The average molecular weight is 262 g/mol. The predicted octanol–water partition coefficient (Wildman–Crippen LogP) is 3.62. The summed E-state index contributed by atoms with van der Waals surface area (Å²) < 4.78 is 0. The molecule has 0 saturated carbocycles. The molecule has 2 N–H and O–H groups in total. The van der Waals surface area contributed by atoms with E-state index >= 15 is 0 Å². The van der Waals surface area contributed by atoms with Gasteiger partial charge in [0.15, 0.2) is 0 Å². The largest absolute Gasteiger partial charge is 0.329 e. The highest BCUT2D eigenvalue weighted by molar-refractivity contribution is 5.25. The van der Waals surface area contributed by atoms with Crippen molar-refractivity contribution in [3.05, 3.63) is 35.4 Å². The zero-order valence-corrected chi connectivity index (χ0v) is 13.0. The molecule has 19 heavy (non-hydrogen) atoms. The van der Waals surface area contributed by atoms with Crippen LogP contribution in [0.15, 0.2) is 24.3 Å². The Labute approximate surface area is 119 Å². The molecular formula is C17H30N2. The van der Waals surface area contributed by atoms with Gasteiger partial charge in [-0.1, -0.05) is 52.0 Å². The lowest BCUT2D eigenvalue weighted by molar-refractivity contribution is 0.213. The van der Waals surface area contributed by atoms with E-state index in [1.54, 1.807) is 0 Å². The smallest absolute Gasteiger partial charge is 0.0470 e. The van der Waals surface area contributed by atoms with Gasteiger partial charge >= 0.3 is 0 Å². The summed E-state index contributed by atoms with van der Waals surface area (Å²) in [7, 11) is 0. The number of hydrogen-bond donors (Lipinski definition) is 1. The van der Waals surface area contributed by atoms with E-state index in [4.69, 9.17) is 5.73 Å². The molecule has 2 nitrogen and oxygen atoms in total. The fourth-order valence-corrected chi connectivity index (χ4v) is 2.66. The van der Waals surface area contributed by atoms with Gasteiger partial charge in [0.25, 0.3) is 0 Å². The van der Waals surface area contributed by atoms with Gasteiger partial charge in [-0.25, -0.2) is 0 Å². The third-order valence-corrected chi connectivity index (χ3v) is 3.59. The van der Waals surface area contributed by atoms with Crippen LogP contribution in [0, 0.1) is 5.92 Å². The van der Waals surface area contributed by atoms with Crippen LogP contribution in [0.5, 0.6) is 0 Å². The third kappa shape index (κ3) is 4.96. The molecule has 1 aromatic carbocycles. The van der Waals surface area contributed by atoms with Gasteiger partial charge in [0.2, 0.25) is 0 Å². The average Bonchev–Trinajstić information content (AvgIpc) is 2.39. The zero-order valence-electron chi connectivity index (χ0n) is 13.0. The highest BCUT2D eigenvalue weighted by atomic mass is 15.2. The lowest BCUT2D eigenvalue weighted by Gasteiger charge is -2.30. The van der Waals surface area contributed by atoms with Crippen LogP contribution in [0.4, 0.5) is 0 Å². The minimum atomic E-state index is 0.359. The Balaban J connectivity index is 2.80. The molecule has 0 aliphatic heterocycles.